The lowest BCUT2D eigenvalue weighted by atomic mass is 10.1. The molecule has 0 radical (unpaired) electrons. The summed E-state index contributed by atoms with van der Waals surface area (Å²) in [4.78, 5) is 4.15. The molecule has 0 bridgehead atoms. The van der Waals surface area contributed by atoms with Crippen LogP contribution in [0.4, 0.5) is 0 Å². The summed E-state index contributed by atoms with van der Waals surface area (Å²) in [6.07, 6.45) is 1.20. The molecule has 0 saturated heterocycles. The van der Waals surface area contributed by atoms with Gasteiger partial charge in [-0.15, -0.1) is 0 Å². The molecule has 0 spiro atoms. The van der Waals surface area contributed by atoms with Crippen LogP contribution in [0.25, 0.3) is 0 Å². The maximum absolute atomic E-state index is 10.9. The zero-order valence-electron chi connectivity index (χ0n) is 13.4. The van der Waals surface area contributed by atoms with Gasteiger partial charge in [-0.2, -0.15) is 0 Å². The van der Waals surface area contributed by atoms with Gasteiger partial charge in [-0.3, -0.25) is 4.99 Å². The fourth-order valence-corrected chi connectivity index (χ4v) is 2.20. The zero-order chi connectivity index (χ0) is 16.4. The summed E-state index contributed by atoms with van der Waals surface area (Å²) in [7, 11) is -1.25. The third-order valence-corrected chi connectivity index (χ3v) is 3.92. The Bertz CT molecular complexity index is 559. The van der Waals surface area contributed by atoms with Crippen molar-refractivity contribution in [2.75, 3.05) is 38.8 Å². The molecule has 0 aliphatic heterocycles. The second kappa shape index (κ2) is 9.42. The highest BCUT2D eigenvalue weighted by Gasteiger charge is 2.06. The molecule has 0 fully saturated rings. The summed E-state index contributed by atoms with van der Waals surface area (Å²) in [5, 5.41) is 6.42. The van der Waals surface area contributed by atoms with Gasteiger partial charge in [-0.1, -0.05) is 30.3 Å². The Morgan fingerprint density at radius 2 is 1.95 bits per heavy atom. The minimum atomic E-state index is -2.96. The molecule has 0 aliphatic rings. The fourth-order valence-electron chi connectivity index (χ4n) is 1.78. The number of hydrogen-bond donors (Lipinski definition) is 2. The summed E-state index contributed by atoms with van der Waals surface area (Å²) < 4.78 is 27.2. The third kappa shape index (κ3) is 7.99. The molecule has 22 heavy (non-hydrogen) atoms. The molecular formula is C15H25N3O3S. The van der Waals surface area contributed by atoms with Crippen LogP contribution < -0.4 is 10.6 Å². The van der Waals surface area contributed by atoms with Crippen LogP contribution in [0.5, 0.6) is 0 Å². The predicted octanol–water partition coefficient (Wildman–Crippen LogP) is 0.974. The van der Waals surface area contributed by atoms with Crippen LogP contribution in [0.3, 0.4) is 0 Å². The first-order chi connectivity index (χ1) is 10.4. The predicted molar refractivity (Wildman–Crippen MR) is 89.9 cm³/mol. The van der Waals surface area contributed by atoms with Gasteiger partial charge in [0.2, 0.25) is 0 Å². The fraction of sp³-hybridized carbons (Fsp3) is 0.533. The van der Waals surface area contributed by atoms with Crippen LogP contribution in [-0.2, 0) is 14.6 Å². The van der Waals surface area contributed by atoms with E-state index in [4.69, 9.17) is 4.74 Å². The lowest BCUT2D eigenvalue weighted by Gasteiger charge is -2.18. The second-order valence-corrected chi connectivity index (χ2v) is 7.28. The van der Waals surface area contributed by atoms with Gasteiger partial charge in [0.15, 0.2) is 5.96 Å². The van der Waals surface area contributed by atoms with E-state index in [9.17, 15) is 8.42 Å². The van der Waals surface area contributed by atoms with Gasteiger partial charge in [0.1, 0.15) is 9.84 Å². The van der Waals surface area contributed by atoms with Crippen LogP contribution in [0.2, 0.25) is 0 Å². The minimum absolute atomic E-state index is 0.0466. The van der Waals surface area contributed by atoms with Crippen molar-refractivity contribution < 1.29 is 13.2 Å². The number of aliphatic imine (C=N–C) groups is 1. The summed E-state index contributed by atoms with van der Waals surface area (Å²) in [6, 6.07) is 10.2. The monoisotopic (exact) mass is 327 g/mol. The maximum Gasteiger partial charge on any atom is 0.191 e. The molecule has 0 aliphatic carbocycles. The molecule has 7 heteroatoms. The Morgan fingerprint density at radius 1 is 1.27 bits per heavy atom. The van der Waals surface area contributed by atoms with Gasteiger partial charge in [-0.05, 0) is 12.5 Å². The lowest BCUT2D eigenvalue weighted by Crippen LogP contribution is -2.40. The smallest absolute Gasteiger partial charge is 0.191 e. The molecule has 0 amide bonds. The van der Waals surface area contributed by atoms with Crippen molar-refractivity contribution in [2.24, 2.45) is 4.99 Å². The van der Waals surface area contributed by atoms with E-state index in [1.807, 2.05) is 18.2 Å². The first kappa shape index (κ1) is 18.4. The SMILES string of the molecule is CN=C(NCCOCCS(C)(=O)=O)NC(C)c1ccccc1. The molecule has 124 valence electrons. The van der Waals surface area contributed by atoms with Gasteiger partial charge in [0.05, 0.1) is 25.0 Å². The molecule has 1 aromatic rings. The van der Waals surface area contributed by atoms with Crippen molar-refractivity contribution in [3.8, 4) is 0 Å². The molecule has 1 atom stereocenters. The van der Waals surface area contributed by atoms with Crippen molar-refractivity contribution in [2.45, 2.75) is 13.0 Å². The summed E-state index contributed by atoms with van der Waals surface area (Å²) in [5.74, 6) is 0.730. The van der Waals surface area contributed by atoms with Crippen LogP contribution in [-0.4, -0.2) is 53.2 Å². The first-order valence-corrected chi connectivity index (χ1v) is 9.26. The summed E-state index contributed by atoms with van der Waals surface area (Å²) in [6.45, 7) is 3.26. The van der Waals surface area contributed by atoms with E-state index in [0.29, 0.717) is 19.1 Å². The highest BCUT2D eigenvalue weighted by molar-refractivity contribution is 7.90. The Morgan fingerprint density at radius 3 is 2.55 bits per heavy atom. The normalized spacial score (nSPS) is 13.7. The number of guanidine groups is 1. The number of rotatable bonds is 8. The van der Waals surface area contributed by atoms with E-state index in [-0.39, 0.29) is 18.4 Å². The van der Waals surface area contributed by atoms with Gasteiger partial charge < -0.3 is 15.4 Å². The average Bonchev–Trinajstić information content (AvgIpc) is 2.49. The van der Waals surface area contributed by atoms with Gasteiger partial charge in [0.25, 0.3) is 0 Å². The molecule has 0 heterocycles. The van der Waals surface area contributed by atoms with Crippen molar-refractivity contribution in [3.63, 3.8) is 0 Å². The van der Waals surface area contributed by atoms with E-state index in [1.165, 1.54) is 11.8 Å². The Balaban J connectivity index is 2.26. The largest absolute Gasteiger partial charge is 0.379 e. The molecule has 1 unspecified atom stereocenters. The van der Waals surface area contributed by atoms with E-state index in [2.05, 4.69) is 34.7 Å². The average molecular weight is 327 g/mol. The van der Waals surface area contributed by atoms with E-state index >= 15 is 0 Å². The number of sulfone groups is 1. The first-order valence-electron chi connectivity index (χ1n) is 7.20. The number of hydrogen-bond acceptors (Lipinski definition) is 4. The second-order valence-electron chi connectivity index (χ2n) is 5.02. The highest BCUT2D eigenvalue weighted by atomic mass is 32.2. The zero-order valence-corrected chi connectivity index (χ0v) is 14.2. The van der Waals surface area contributed by atoms with E-state index in [1.54, 1.807) is 7.05 Å². The van der Waals surface area contributed by atoms with Crippen molar-refractivity contribution in [1.82, 2.24) is 10.6 Å². The summed E-state index contributed by atoms with van der Waals surface area (Å²) >= 11 is 0. The van der Waals surface area contributed by atoms with Gasteiger partial charge in [-0.25, -0.2) is 8.42 Å². The maximum atomic E-state index is 10.9. The minimum Gasteiger partial charge on any atom is -0.379 e. The molecule has 1 aromatic carbocycles. The van der Waals surface area contributed by atoms with Crippen LogP contribution >= 0.6 is 0 Å². The molecule has 1 rings (SSSR count). The van der Waals surface area contributed by atoms with Gasteiger partial charge in [0, 0.05) is 19.8 Å². The van der Waals surface area contributed by atoms with Crippen LogP contribution in [0.1, 0.15) is 18.5 Å². The Labute approximate surface area is 132 Å². The molecule has 0 saturated carbocycles. The van der Waals surface area contributed by atoms with Gasteiger partial charge >= 0.3 is 0 Å². The Hall–Kier alpha value is -1.60. The number of nitrogens with one attached hydrogen (secondary N) is 2. The molecule has 6 nitrogen and oxygen atoms in total. The van der Waals surface area contributed by atoms with E-state index < -0.39 is 9.84 Å². The quantitative estimate of drug-likeness (QED) is 0.423. The van der Waals surface area contributed by atoms with Crippen molar-refractivity contribution in [1.29, 1.82) is 0 Å². The molecule has 0 aromatic heterocycles. The van der Waals surface area contributed by atoms with Crippen molar-refractivity contribution in [3.05, 3.63) is 35.9 Å². The Kier molecular flexibility index (Phi) is 7.90. The topological polar surface area (TPSA) is 79.8 Å². The standard InChI is InChI=1S/C15H25N3O3S/c1-13(14-7-5-4-6-8-14)18-15(16-2)17-9-10-21-11-12-22(3,19)20/h4-8,13H,9-12H2,1-3H3,(H2,16,17,18). The third-order valence-electron chi connectivity index (χ3n) is 3.01. The molecular weight excluding hydrogens is 302 g/mol. The molecule has 2 N–H and O–H groups in total. The van der Waals surface area contributed by atoms with Crippen LogP contribution in [0, 0.1) is 0 Å². The number of benzene rings is 1. The van der Waals surface area contributed by atoms with E-state index in [0.717, 1.165) is 0 Å². The number of ether oxygens (including phenoxy) is 1. The van der Waals surface area contributed by atoms with Crippen molar-refractivity contribution >= 4 is 15.8 Å². The highest BCUT2D eigenvalue weighted by Crippen LogP contribution is 2.10. The summed E-state index contributed by atoms with van der Waals surface area (Å²) in [5.41, 5.74) is 1.18. The lowest BCUT2D eigenvalue weighted by molar-refractivity contribution is 0.154. The number of nitrogens with zero attached hydrogens (tertiary/aromatic N) is 1. The van der Waals surface area contributed by atoms with Crippen LogP contribution in [0.15, 0.2) is 35.3 Å².